The van der Waals surface area contributed by atoms with Crippen LogP contribution in [0.4, 0.5) is 0 Å². The van der Waals surface area contributed by atoms with E-state index in [1.54, 1.807) is 0 Å². The molecule has 0 spiro atoms. The third-order valence-corrected chi connectivity index (χ3v) is 3.42. The van der Waals surface area contributed by atoms with E-state index in [4.69, 9.17) is 0 Å². The molecule has 0 heterocycles. The van der Waals surface area contributed by atoms with Crippen LogP contribution in [0.25, 0.3) is 0 Å². The topological polar surface area (TPSA) is 80.3 Å². The summed E-state index contributed by atoms with van der Waals surface area (Å²) in [5.41, 5.74) is 0. The van der Waals surface area contributed by atoms with Crippen LogP contribution in [-0.4, -0.2) is 28.2 Å². The van der Waals surface area contributed by atoms with Gasteiger partial charge in [0.15, 0.2) is 0 Å². The summed E-state index contributed by atoms with van der Waals surface area (Å²) >= 11 is 2.58. The van der Waals surface area contributed by atoms with Gasteiger partial charge in [-0.1, -0.05) is 55.4 Å². The second kappa shape index (κ2) is 15.0. The van der Waals surface area contributed by atoms with Crippen LogP contribution in [0.2, 0.25) is 5.28 Å². The predicted octanol–water partition coefficient (Wildman–Crippen LogP) is 1.92. The van der Waals surface area contributed by atoms with E-state index in [0.717, 1.165) is 0 Å². The zero-order chi connectivity index (χ0) is 19.3. The molecule has 23 heavy (non-hydrogen) atoms. The zero-order valence-electron chi connectivity index (χ0n) is 16.4. The van der Waals surface area contributed by atoms with Gasteiger partial charge in [0.25, 0.3) is 0 Å². The van der Waals surface area contributed by atoms with Crippen molar-refractivity contribution in [1.82, 2.24) is 0 Å². The molecule has 0 fully saturated rings. The molecule has 134 valence electrons. The number of carbonyl (C=O) groups is 2. The molecule has 0 unspecified atom stereocenters. The molecule has 0 atom stereocenters. The molecular weight excluding hydrogens is 307 g/mol. The van der Waals surface area contributed by atoms with Gasteiger partial charge in [0.1, 0.15) is 0 Å². The summed E-state index contributed by atoms with van der Waals surface area (Å²) in [5.74, 6) is -1.78. The van der Waals surface area contributed by atoms with Crippen molar-refractivity contribution < 1.29 is 19.8 Å². The molecule has 0 saturated carbocycles. The van der Waals surface area contributed by atoms with Crippen molar-refractivity contribution in [3.63, 3.8) is 0 Å². The van der Waals surface area contributed by atoms with Gasteiger partial charge in [0.2, 0.25) is 0 Å². The molecule has 0 radical (unpaired) electrons. The molecule has 0 aliphatic carbocycles. The Labute approximate surface area is 151 Å². The molecule has 0 aromatic carbocycles. The molecule has 0 aliphatic heterocycles. The first-order valence-electron chi connectivity index (χ1n) is 8.46. The van der Waals surface area contributed by atoms with Gasteiger partial charge < -0.3 is 19.8 Å². The fraction of sp³-hybridized carbons (Fsp3) is 0.889. The van der Waals surface area contributed by atoms with Gasteiger partial charge in [0.05, 0.1) is 0 Å². The summed E-state index contributed by atoms with van der Waals surface area (Å²) in [6, 6.07) is 0. The van der Waals surface area contributed by atoms with Gasteiger partial charge in [-0.3, -0.25) is 0 Å². The first-order valence-corrected chi connectivity index (χ1v) is 9.28. The van der Waals surface area contributed by atoms with Crippen LogP contribution < -0.4 is 10.2 Å². The maximum absolute atomic E-state index is 10.5. The Morgan fingerprint density at radius 1 is 0.696 bits per heavy atom. The van der Waals surface area contributed by atoms with Crippen LogP contribution in [0.5, 0.6) is 0 Å². The average molecular weight is 342 g/mol. The average Bonchev–Trinajstić information content (AvgIpc) is 2.26. The van der Waals surface area contributed by atoms with E-state index in [1.807, 2.05) is 55.4 Å². The van der Waals surface area contributed by atoms with Gasteiger partial charge >= 0.3 is 28.5 Å². The van der Waals surface area contributed by atoms with E-state index in [0.29, 0.717) is 0 Å². The van der Waals surface area contributed by atoms with Crippen molar-refractivity contribution >= 4 is 28.2 Å². The Morgan fingerprint density at radius 3 is 0.826 bits per heavy atom. The summed E-state index contributed by atoms with van der Waals surface area (Å²) in [5, 5.41) is 22.1. The van der Waals surface area contributed by atoms with Crippen molar-refractivity contribution in [1.29, 1.82) is 0 Å². The van der Waals surface area contributed by atoms with Crippen LogP contribution in [0, 0.1) is 35.5 Å². The second-order valence-electron chi connectivity index (χ2n) is 7.07. The number of carboxylic acid groups (broad SMARTS) is 2. The van der Waals surface area contributed by atoms with E-state index in [2.05, 4.69) is 23.2 Å². The van der Waals surface area contributed by atoms with E-state index < -0.39 is 11.9 Å². The Balaban J connectivity index is -0.000000297. The number of carbonyl (C=O) groups excluding carboxylic acids is 2. The van der Waals surface area contributed by atoms with E-state index in [-0.39, 0.29) is 35.5 Å². The number of carboxylic acids is 2. The summed E-state index contributed by atoms with van der Waals surface area (Å²) < 4.78 is 0. The van der Waals surface area contributed by atoms with Crippen molar-refractivity contribution in [3.8, 4) is 0 Å². The SMILES string of the molecule is CC(C)C(C(=O)[O-])C(C)C.CC(C)C(C(=O)[O-])C(C)C.C[CH2][Al+2]. The van der Waals surface area contributed by atoms with Gasteiger partial charge in [0, 0.05) is 23.8 Å². The summed E-state index contributed by atoms with van der Waals surface area (Å²) in [6.45, 7) is 17.3. The maximum atomic E-state index is 10.5. The Morgan fingerprint density at radius 2 is 0.826 bits per heavy atom. The summed E-state index contributed by atoms with van der Waals surface area (Å²) in [4.78, 5) is 20.9. The minimum atomic E-state index is -0.926. The second-order valence-corrected chi connectivity index (χ2v) is 7.89. The zero-order valence-corrected chi connectivity index (χ0v) is 17.5. The number of aliphatic carboxylic acids is 2. The first-order chi connectivity index (χ1) is 10.3. The Kier molecular flexibility index (Phi) is 17.9. The monoisotopic (exact) mass is 342 g/mol. The van der Waals surface area contributed by atoms with E-state index in [9.17, 15) is 19.8 Å². The molecule has 0 rings (SSSR count). The number of rotatable bonds is 6. The molecule has 0 aromatic heterocycles. The van der Waals surface area contributed by atoms with Crippen molar-refractivity contribution in [2.75, 3.05) is 0 Å². The molecular formula is C18H35AlO4. The third kappa shape index (κ3) is 14.8. The van der Waals surface area contributed by atoms with Crippen molar-refractivity contribution in [2.45, 2.75) is 67.6 Å². The molecule has 0 aromatic rings. The minimum absolute atomic E-state index is 0.171. The van der Waals surface area contributed by atoms with Gasteiger partial charge in [-0.05, 0) is 23.7 Å². The molecule has 0 amide bonds. The van der Waals surface area contributed by atoms with E-state index >= 15 is 0 Å². The van der Waals surface area contributed by atoms with Crippen LogP contribution in [0.1, 0.15) is 62.3 Å². The first kappa shape index (κ1) is 27.3. The Hall–Kier alpha value is -0.528. The summed E-state index contributed by atoms with van der Waals surface area (Å²) in [6.07, 6.45) is 0. The van der Waals surface area contributed by atoms with E-state index in [1.165, 1.54) is 5.28 Å². The van der Waals surface area contributed by atoms with Gasteiger partial charge in [-0.15, -0.1) is 0 Å². The predicted molar refractivity (Wildman–Crippen MR) is 92.6 cm³/mol. The molecule has 0 saturated heterocycles. The quantitative estimate of drug-likeness (QED) is 0.691. The third-order valence-electron chi connectivity index (χ3n) is 3.42. The Bertz CT molecular complexity index is 266. The van der Waals surface area contributed by atoms with Crippen molar-refractivity contribution in [2.24, 2.45) is 35.5 Å². The molecule has 5 heteroatoms. The molecule has 4 nitrogen and oxygen atoms in total. The fourth-order valence-electron chi connectivity index (χ4n) is 2.63. The number of hydrogen-bond acceptors (Lipinski definition) is 4. The van der Waals surface area contributed by atoms with Gasteiger partial charge in [-0.2, -0.15) is 0 Å². The van der Waals surface area contributed by atoms with Crippen LogP contribution in [0.15, 0.2) is 0 Å². The fourth-order valence-corrected chi connectivity index (χ4v) is 2.63. The number of hydrogen-bond donors (Lipinski definition) is 0. The van der Waals surface area contributed by atoms with Crippen LogP contribution >= 0.6 is 0 Å². The molecule has 0 bridgehead atoms. The van der Waals surface area contributed by atoms with Crippen LogP contribution in [-0.2, 0) is 9.59 Å². The molecule has 0 aliphatic rings. The van der Waals surface area contributed by atoms with Crippen molar-refractivity contribution in [3.05, 3.63) is 0 Å². The summed E-state index contributed by atoms with van der Waals surface area (Å²) in [7, 11) is 0. The van der Waals surface area contributed by atoms with Gasteiger partial charge in [-0.25, -0.2) is 0 Å². The standard InChI is InChI=1S/2C8H16O2.C2H5.Al/c2*1-5(2)7(6(3)4)8(9)10;1-2;/h2*5-7H,1-4H3,(H,9,10);1H2,2H3;/q;;;+2/p-2. The molecule has 0 N–H and O–H groups in total. The van der Waals surface area contributed by atoms with Crippen LogP contribution in [0.3, 0.4) is 0 Å². The normalized spacial score (nSPS) is 10.8.